The molecule has 0 radical (unpaired) electrons. The fourth-order valence-electron chi connectivity index (χ4n) is 2.57. The standard InChI is InChI=1S/C16H13N7O2/c24-15(12-5-3-7-23-14(12)20-21-16(23)25)19-13-6-2-1-4-11(13)8-22-10-17-9-18-22/h1-7,9-10H,8H2,(H,19,24)(H,21,25). The van der Waals surface area contributed by atoms with E-state index < -0.39 is 5.69 Å². The van der Waals surface area contributed by atoms with Crippen molar-refractivity contribution in [1.82, 2.24) is 29.4 Å². The van der Waals surface area contributed by atoms with Crippen LogP contribution in [0.2, 0.25) is 0 Å². The van der Waals surface area contributed by atoms with Crippen LogP contribution in [-0.4, -0.2) is 35.3 Å². The van der Waals surface area contributed by atoms with Crippen molar-refractivity contribution >= 4 is 17.2 Å². The first-order valence-corrected chi connectivity index (χ1v) is 7.50. The first-order chi connectivity index (χ1) is 12.2. The Morgan fingerprint density at radius 2 is 2.08 bits per heavy atom. The van der Waals surface area contributed by atoms with Gasteiger partial charge in [0.15, 0.2) is 5.65 Å². The zero-order chi connectivity index (χ0) is 17.2. The van der Waals surface area contributed by atoms with Gasteiger partial charge in [0.05, 0.1) is 12.1 Å². The minimum absolute atomic E-state index is 0.277. The van der Waals surface area contributed by atoms with Crippen molar-refractivity contribution in [2.24, 2.45) is 0 Å². The van der Waals surface area contributed by atoms with Gasteiger partial charge in [-0.1, -0.05) is 18.2 Å². The zero-order valence-electron chi connectivity index (χ0n) is 13.0. The van der Waals surface area contributed by atoms with Gasteiger partial charge in [0, 0.05) is 11.9 Å². The summed E-state index contributed by atoms with van der Waals surface area (Å²) in [5, 5.41) is 13.2. The molecule has 4 aromatic rings. The molecule has 0 saturated carbocycles. The minimum atomic E-state index is -0.392. The molecular weight excluding hydrogens is 322 g/mol. The lowest BCUT2D eigenvalue weighted by Gasteiger charge is -2.11. The molecule has 1 aromatic carbocycles. The molecule has 0 unspecified atom stereocenters. The predicted octanol–water partition coefficient (Wildman–Crippen LogP) is 0.915. The predicted molar refractivity (Wildman–Crippen MR) is 89.3 cm³/mol. The van der Waals surface area contributed by atoms with Gasteiger partial charge in [-0.15, -0.1) is 0 Å². The van der Waals surface area contributed by atoms with Crippen LogP contribution in [0.5, 0.6) is 0 Å². The molecule has 124 valence electrons. The van der Waals surface area contributed by atoms with Crippen molar-refractivity contribution in [1.29, 1.82) is 0 Å². The quantitative estimate of drug-likeness (QED) is 0.576. The summed E-state index contributed by atoms with van der Waals surface area (Å²) in [5.74, 6) is -0.351. The van der Waals surface area contributed by atoms with Crippen LogP contribution in [0.4, 0.5) is 5.69 Å². The number of fused-ring (bicyclic) bond motifs is 1. The minimum Gasteiger partial charge on any atom is -0.322 e. The number of anilines is 1. The number of para-hydroxylation sites is 1. The Hall–Kier alpha value is -3.75. The summed E-state index contributed by atoms with van der Waals surface area (Å²) in [6.45, 7) is 0.475. The molecule has 9 nitrogen and oxygen atoms in total. The average molecular weight is 335 g/mol. The molecule has 3 aromatic heterocycles. The number of hydrogen-bond acceptors (Lipinski definition) is 5. The van der Waals surface area contributed by atoms with Crippen LogP contribution in [0.25, 0.3) is 5.65 Å². The summed E-state index contributed by atoms with van der Waals surface area (Å²) in [6, 6.07) is 10.7. The molecule has 0 aliphatic rings. The Kier molecular flexibility index (Phi) is 3.58. The maximum Gasteiger partial charge on any atom is 0.347 e. The Bertz CT molecular complexity index is 1100. The van der Waals surface area contributed by atoms with Crippen LogP contribution in [0.3, 0.4) is 0 Å². The van der Waals surface area contributed by atoms with Gasteiger partial charge in [-0.2, -0.15) is 10.2 Å². The van der Waals surface area contributed by atoms with Crippen LogP contribution in [-0.2, 0) is 6.54 Å². The molecule has 4 rings (SSSR count). The van der Waals surface area contributed by atoms with E-state index in [1.165, 1.54) is 10.7 Å². The van der Waals surface area contributed by atoms with Crippen molar-refractivity contribution in [2.75, 3.05) is 5.32 Å². The number of carbonyl (C=O) groups is 1. The second kappa shape index (κ2) is 6.04. The van der Waals surface area contributed by atoms with Crippen molar-refractivity contribution in [3.05, 3.63) is 76.9 Å². The van der Waals surface area contributed by atoms with Gasteiger partial charge in [0.25, 0.3) is 5.91 Å². The number of carbonyl (C=O) groups excluding carboxylic acids is 1. The van der Waals surface area contributed by atoms with Gasteiger partial charge < -0.3 is 5.32 Å². The van der Waals surface area contributed by atoms with Gasteiger partial charge in [-0.05, 0) is 23.8 Å². The highest BCUT2D eigenvalue weighted by Gasteiger charge is 2.15. The summed E-state index contributed by atoms with van der Waals surface area (Å²) in [6.07, 6.45) is 4.61. The summed E-state index contributed by atoms with van der Waals surface area (Å²) in [7, 11) is 0. The van der Waals surface area contributed by atoms with Gasteiger partial charge in [0.2, 0.25) is 0 Å². The smallest absolute Gasteiger partial charge is 0.322 e. The summed E-state index contributed by atoms with van der Waals surface area (Å²) >= 11 is 0. The number of aromatic nitrogens is 6. The van der Waals surface area contributed by atoms with Crippen molar-refractivity contribution in [2.45, 2.75) is 6.54 Å². The molecule has 0 spiro atoms. The van der Waals surface area contributed by atoms with E-state index in [-0.39, 0.29) is 11.6 Å². The number of nitrogens with one attached hydrogen (secondary N) is 2. The molecule has 3 heterocycles. The lowest BCUT2D eigenvalue weighted by atomic mass is 10.1. The number of benzene rings is 1. The number of H-pyrrole nitrogens is 1. The number of amides is 1. The number of pyridine rings is 1. The van der Waals surface area contributed by atoms with E-state index in [4.69, 9.17) is 0 Å². The van der Waals surface area contributed by atoms with Gasteiger partial charge >= 0.3 is 5.69 Å². The zero-order valence-corrected chi connectivity index (χ0v) is 13.0. The van der Waals surface area contributed by atoms with Crippen LogP contribution in [0, 0.1) is 0 Å². The molecule has 1 amide bonds. The highest BCUT2D eigenvalue weighted by atomic mass is 16.2. The molecule has 25 heavy (non-hydrogen) atoms. The van der Waals surface area contributed by atoms with Crippen LogP contribution in [0.1, 0.15) is 15.9 Å². The van der Waals surface area contributed by atoms with Crippen molar-refractivity contribution in [3.63, 3.8) is 0 Å². The summed E-state index contributed by atoms with van der Waals surface area (Å²) in [4.78, 5) is 28.2. The number of rotatable bonds is 4. The lowest BCUT2D eigenvalue weighted by molar-refractivity contribution is 0.102. The van der Waals surface area contributed by atoms with E-state index in [9.17, 15) is 9.59 Å². The molecular formula is C16H13N7O2. The third-order valence-electron chi connectivity index (χ3n) is 3.75. The fourth-order valence-corrected chi connectivity index (χ4v) is 2.57. The number of aromatic amines is 1. The molecule has 0 fully saturated rings. The van der Waals surface area contributed by atoms with E-state index in [1.807, 2.05) is 18.2 Å². The Labute approximate surface area is 141 Å². The van der Waals surface area contributed by atoms with Gasteiger partial charge in [0.1, 0.15) is 12.7 Å². The Balaban J connectivity index is 1.66. The topological polar surface area (TPSA) is 110 Å². The highest BCUT2D eigenvalue weighted by Crippen LogP contribution is 2.18. The molecule has 0 atom stereocenters. The van der Waals surface area contributed by atoms with Crippen LogP contribution in [0.15, 0.2) is 60.0 Å². The normalized spacial score (nSPS) is 10.9. The average Bonchev–Trinajstić information content (AvgIpc) is 3.27. The van der Waals surface area contributed by atoms with Crippen molar-refractivity contribution in [3.8, 4) is 0 Å². The molecule has 0 aliphatic heterocycles. The van der Waals surface area contributed by atoms with Gasteiger partial charge in [-0.25, -0.2) is 24.0 Å². The first kappa shape index (κ1) is 14.8. The van der Waals surface area contributed by atoms with E-state index in [2.05, 4.69) is 25.6 Å². The summed E-state index contributed by atoms with van der Waals surface area (Å²) in [5.41, 5.74) is 1.72. The SMILES string of the molecule is O=C(Nc1ccccc1Cn1cncn1)c1cccn2c(=O)[nH]nc12. The van der Waals surface area contributed by atoms with E-state index in [0.717, 1.165) is 5.56 Å². The summed E-state index contributed by atoms with van der Waals surface area (Å²) < 4.78 is 2.95. The van der Waals surface area contributed by atoms with Gasteiger partial charge in [-0.3, -0.25) is 4.79 Å². The molecule has 0 aliphatic carbocycles. The lowest BCUT2D eigenvalue weighted by Crippen LogP contribution is -2.16. The highest BCUT2D eigenvalue weighted by molar-refractivity contribution is 6.08. The Morgan fingerprint density at radius 1 is 1.20 bits per heavy atom. The second-order valence-corrected chi connectivity index (χ2v) is 5.35. The maximum absolute atomic E-state index is 12.7. The van der Waals surface area contributed by atoms with E-state index in [0.29, 0.717) is 17.8 Å². The fraction of sp³-hybridized carbons (Fsp3) is 0.0625. The van der Waals surface area contributed by atoms with Crippen LogP contribution < -0.4 is 11.0 Å². The van der Waals surface area contributed by atoms with Crippen molar-refractivity contribution < 1.29 is 4.79 Å². The Morgan fingerprint density at radius 3 is 2.92 bits per heavy atom. The third kappa shape index (κ3) is 2.78. The molecule has 0 saturated heterocycles. The monoisotopic (exact) mass is 335 g/mol. The second-order valence-electron chi connectivity index (χ2n) is 5.35. The largest absolute Gasteiger partial charge is 0.347 e. The van der Waals surface area contributed by atoms with Crippen LogP contribution >= 0.6 is 0 Å². The molecule has 9 heteroatoms. The number of nitrogens with zero attached hydrogens (tertiary/aromatic N) is 5. The van der Waals surface area contributed by atoms with E-state index >= 15 is 0 Å². The maximum atomic E-state index is 12.7. The third-order valence-corrected chi connectivity index (χ3v) is 3.75. The van der Waals surface area contributed by atoms with E-state index in [1.54, 1.807) is 35.4 Å². The number of hydrogen-bond donors (Lipinski definition) is 2. The first-order valence-electron chi connectivity index (χ1n) is 7.50. The molecule has 0 bridgehead atoms. The molecule has 2 N–H and O–H groups in total.